The van der Waals surface area contributed by atoms with Crippen molar-refractivity contribution in [3.05, 3.63) is 34.6 Å². The lowest BCUT2D eigenvalue weighted by Gasteiger charge is -2.35. The van der Waals surface area contributed by atoms with Crippen LogP contribution >= 0.6 is 0 Å². The number of carbonyl (C=O) groups excluding carboxylic acids is 1. The number of rotatable bonds is 2. The van der Waals surface area contributed by atoms with E-state index < -0.39 is 0 Å². The van der Waals surface area contributed by atoms with Crippen LogP contribution in [0, 0.1) is 11.8 Å². The van der Waals surface area contributed by atoms with Gasteiger partial charge in [-0.2, -0.15) is 0 Å². The fourth-order valence-electron chi connectivity index (χ4n) is 3.22. The van der Waals surface area contributed by atoms with E-state index in [1.165, 1.54) is 0 Å². The van der Waals surface area contributed by atoms with Gasteiger partial charge in [0.1, 0.15) is 12.1 Å². The number of piperidine rings is 1. The van der Waals surface area contributed by atoms with Gasteiger partial charge in [0, 0.05) is 13.1 Å². The zero-order valence-corrected chi connectivity index (χ0v) is 12.9. The van der Waals surface area contributed by atoms with Crippen molar-refractivity contribution in [2.75, 3.05) is 13.1 Å². The van der Waals surface area contributed by atoms with Crippen LogP contribution in [0.2, 0.25) is 0 Å². The van der Waals surface area contributed by atoms with Crippen LogP contribution in [0.4, 0.5) is 0 Å². The molecule has 1 amide bonds. The lowest BCUT2D eigenvalue weighted by atomic mass is 9.92. The number of benzene rings is 1. The summed E-state index contributed by atoms with van der Waals surface area (Å²) in [5.74, 6) is 0.921. The van der Waals surface area contributed by atoms with Gasteiger partial charge in [0.15, 0.2) is 0 Å². The zero-order chi connectivity index (χ0) is 15.7. The molecule has 0 spiro atoms. The standard InChI is InChI=1S/C16H20N4O2/c1-11-7-12(2)9-19(8-11)15(21)10-20-16(22)13-5-3-4-6-14(13)17-18-20/h3-6,11-12H,7-10H2,1-2H3. The van der Waals surface area contributed by atoms with Gasteiger partial charge in [-0.25, -0.2) is 4.68 Å². The normalized spacial score (nSPS) is 22.0. The highest BCUT2D eigenvalue weighted by atomic mass is 16.2. The topological polar surface area (TPSA) is 68.1 Å². The van der Waals surface area contributed by atoms with Crippen molar-refractivity contribution in [3.8, 4) is 0 Å². The lowest BCUT2D eigenvalue weighted by Crippen LogP contribution is -2.45. The molecule has 1 aromatic heterocycles. The fraction of sp³-hybridized carbons (Fsp3) is 0.500. The van der Waals surface area contributed by atoms with Gasteiger partial charge >= 0.3 is 0 Å². The van der Waals surface area contributed by atoms with Crippen molar-refractivity contribution in [2.45, 2.75) is 26.8 Å². The van der Waals surface area contributed by atoms with Gasteiger partial charge in [-0.3, -0.25) is 9.59 Å². The first-order chi connectivity index (χ1) is 10.5. The van der Waals surface area contributed by atoms with Crippen molar-refractivity contribution in [1.82, 2.24) is 19.9 Å². The maximum absolute atomic E-state index is 12.4. The monoisotopic (exact) mass is 300 g/mol. The van der Waals surface area contributed by atoms with Crippen LogP contribution in [0.3, 0.4) is 0 Å². The Kier molecular flexibility index (Phi) is 3.92. The summed E-state index contributed by atoms with van der Waals surface area (Å²) in [6.45, 7) is 5.75. The molecular formula is C16H20N4O2. The van der Waals surface area contributed by atoms with Gasteiger partial charge in [0.2, 0.25) is 5.91 Å². The van der Waals surface area contributed by atoms with E-state index in [0.29, 0.717) is 22.7 Å². The Bertz CT molecular complexity index is 745. The number of amides is 1. The van der Waals surface area contributed by atoms with Gasteiger partial charge in [-0.15, -0.1) is 5.10 Å². The van der Waals surface area contributed by atoms with Gasteiger partial charge < -0.3 is 4.90 Å². The van der Waals surface area contributed by atoms with Crippen molar-refractivity contribution < 1.29 is 4.79 Å². The number of aromatic nitrogens is 3. The third kappa shape index (κ3) is 2.86. The molecule has 3 rings (SSSR count). The molecule has 1 aliphatic heterocycles. The van der Waals surface area contributed by atoms with E-state index in [9.17, 15) is 9.59 Å². The molecule has 0 bridgehead atoms. The van der Waals surface area contributed by atoms with Gasteiger partial charge in [-0.05, 0) is 30.4 Å². The number of nitrogens with zero attached hydrogens (tertiary/aromatic N) is 4. The second-order valence-corrected chi connectivity index (χ2v) is 6.31. The molecule has 1 aromatic carbocycles. The number of carbonyl (C=O) groups is 1. The number of hydrogen-bond acceptors (Lipinski definition) is 4. The average Bonchev–Trinajstić information content (AvgIpc) is 2.49. The van der Waals surface area contributed by atoms with Crippen LogP contribution in [0.1, 0.15) is 20.3 Å². The summed E-state index contributed by atoms with van der Waals surface area (Å²) in [4.78, 5) is 26.6. The first kappa shape index (κ1) is 14.7. The second-order valence-electron chi connectivity index (χ2n) is 6.31. The summed E-state index contributed by atoms with van der Waals surface area (Å²) in [7, 11) is 0. The average molecular weight is 300 g/mol. The molecule has 2 aromatic rings. The zero-order valence-electron chi connectivity index (χ0n) is 12.9. The third-order valence-corrected chi connectivity index (χ3v) is 4.14. The molecule has 0 saturated carbocycles. The summed E-state index contributed by atoms with van der Waals surface area (Å²) in [5, 5.41) is 8.39. The number of likely N-dealkylation sites (tertiary alicyclic amines) is 1. The smallest absolute Gasteiger partial charge is 0.278 e. The Morgan fingerprint density at radius 1 is 1.23 bits per heavy atom. The largest absolute Gasteiger partial charge is 0.341 e. The van der Waals surface area contributed by atoms with Crippen molar-refractivity contribution in [3.63, 3.8) is 0 Å². The molecule has 1 aliphatic rings. The molecule has 1 fully saturated rings. The van der Waals surface area contributed by atoms with Crippen LogP contribution in [0.25, 0.3) is 10.9 Å². The SMILES string of the molecule is CC1CC(C)CN(C(=O)Cn2nnc3ccccc3c2=O)C1. The molecule has 2 heterocycles. The molecule has 0 aliphatic carbocycles. The predicted octanol–water partition coefficient (Wildman–Crippen LogP) is 1.30. The molecule has 116 valence electrons. The lowest BCUT2D eigenvalue weighted by molar-refractivity contribution is -0.134. The molecule has 2 unspecified atom stereocenters. The minimum atomic E-state index is -0.267. The van der Waals surface area contributed by atoms with E-state index in [-0.39, 0.29) is 18.0 Å². The van der Waals surface area contributed by atoms with E-state index in [1.54, 1.807) is 18.2 Å². The highest BCUT2D eigenvalue weighted by Crippen LogP contribution is 2.21. The number of fused-ring (bicyclic) bond motifs is 1. The molecule has 6 nitrogen and oxygen atoms in total. The third-order valence-electron chi connectivity index (χ3n) is 4.14. The summed E-state index contributed by atoms with van der Waals surface area (Å²) in [5.41, 5.74) is 0.286. The first-order valence-electron chi connectivity index (χ1n) is 7.65. The summed E-state index contributed by atoms with van der Waals surface area (Å²) >= 11 is 0. The number of hydrogen-bond donors (Lipinski definition) is 0. The van der Waals surface area contributed by atoms with E-state index in [1.807, 2.05) is 11.0 Å². The highest BCUT2D eigenvalue weighted by molar-refractivity contribution is 5.78. The summed E-state index contributed by atoms with van der Waals surface area (Å²) in [6, 6.07) is 7.04. The van der Waals surface area contributed by atoms with Crippen LogP contribution in [0.5, 0.6) is 0 Å². The Hall–Kier alpha value is -2.24. The van der Waals surface area contributed by atoms with E-state index in [2.05, 4.69) is 24.2 Å². The maximum atomic E-state index is 12.4. The van der Waals surface area contributed by atoms with Gasteiger partial charge in [0.25, 0.3) is 5.56 Å². The minimum Gasteiger partial charge on any atom is -0.341 e. The van der Waals surface area contributed by atoms with Gasteiger partial charge in [-0.1, -0.05) is 31.2 Å². The maximum Gasteiger partial charge on any atom is 0.278 e. The molecule has 2 atom stereocenters. The molecule has 1 saturated heterocycles. The van der Waals surface area contributed by atoms with Crippen LogP contribution < -0.4 is 5.56 Å². The van der Waals surface area contributed by atoms with Crippen LogP contribution in [-0.2, 0) is 11.3 Å². The van der Waals surface area contributed by atoms with E-state index in [0.717, 1.165) is 24.2 Å². The Morgan fingerprint density at radius 3 is 2.64 bits per heavy atom. The van der Waals surface area contributed by atoms with Crippen molar-refractivity contribution in [2.24, 2.45) is 11.8 Å². The van der Waals surface area contributed by atoms with Gasteiger partial charge in [0.05, 0.1) is 5.39 Å². The summed E-state index contributed by atoms with van der Waals surface area (Å²) < 4.78 is 1.16. The highest BCUT2D eigenvalue weighted by Gasteiger charge is 2.25. The molecular weight excluding hydrogens is 280 g/mol. The van der Waals surface area contributed by atoms with Crippen molar-refractivity contribution >= 4 is 16.8 Å². The van der Waals surface area contributed by atoms with E-state index >= 15 is 0 Å². The fourth-order valence-corrected chi connectivity index (χ4v) is 3.22. The Labute approximate surface area is 128 Å². The quantitative estimate of drug-likeness (QED) is 0.838. The molecule has 0 N–H and O–H groups in total. The van der Waals surface area contributed by atoms with E-state index in [4.69, 9.17) is 0 Å². The second kappa shape index (κ2) is 5.87. The minimum absolute atomic E-state index is 0.0455. The van der Waals surface area contributed by atoms with Crippen LogP contribution in [0.15, 0.2) is 29.1 Å². The molecule has 22 heavy (non-hydrogen) atoms. The Balaban J connectivity index is 1.82. The predicted molar refractivity (Wildman–Crippen MR) is 83.3 cm³/mol. The first-order valence-corrected chi connectivity index (χ1v) is 7.65. The molecule has 0 radical (unpaired) electrons. The molecule has 6 heteroatoms. The van der Waals surface area contributed by atoms with Crippen molar-refractivity contribution in [1.29, 1.82) is 0 Å². The van der Waals surface area contributed by atoms with Crippen LogP contribution in [-0.4, -0.2) is 38.9 Å². The summed E-state index contributed by atoms with van der Waals surface area (Å²) in [6.07, 6.45) is 1.14. The Morgan fingerprint density at radius 2 is 1.91 bits per heavy atom.